The van der Waals surface area contributed by atoms with Gasteiger partial charge in [-0.3, -0.25) is 15.0 Å². The summed E-state index contributed by atoms with van der Waals surface area (Å²) in [5, 5.41) is 0. The largest absolute Gasteiger partial charge is 0.476 e. The van der Waals surface area contributed by atoms with Crippen LogP contribution in [-0.4, -0.2) is 11.7 Å². The Kier molecular flexibility index (Phi) is 4.68. The molecule has 2 rings (SSSR count). The van der Waals surface area contributed by atoms with E-state index >= 15 is 0 Å². The maximum atomic E-state index is 11.9. The molecule has 0 aliphatic heterocycles. The van der Waals surface area contributed by atoms with Gasteiger partial charge in [0.2, 0.25) is 6.10 Å². The van der Waals surface area contributed by atoms with Crippen molar-refractivity contribution < 1.29 is 14.3 Å². The van der Waals surface area contributed by atoms with Crippen LogP contribution in [0.5, 0.6) is 5.75 Å². The van der Waals surface area contributed by atoms with Crippen LogP contribution in [-0.2, 0) is 4.79 Å². The molecule has 0 bridgehead atoms. The molecule has 0 aliphatic rings. The van der Waals surface area contributed by atoms with Crippen LogP contribution in [0.4, 0.5) is 0 Å². The van der Waals surface area contributed by atoms with Crippen molar-refractivity contribution in [2.75, 3.05) is 0 Å². The predicted octanol–water partition coefficient (Wildman–Crippen LogP) is 2.00. The van der Waals surface area contributed by atoms with E-state index in [1.807, 2.05) is 18.2 Å². The third-order valence-corrected chi connectivity index (χ3v) is 3.00. The van der Waals surface area contributed by atoms with Crippen LogP contribution in [0.1, 0.15) is 28.9 Å². The number of benzene rings is 2. The highest BCUT2D eigenvalue weighted by Gasteiger charge is 2.21. The Morgan fingerprint density at radius 2 is 1.67 bits per heavy atom. The zero-order valence-corrected chi connectivity index (χ0v) is 11.6. The van der Waals surface area contributed by atoms with Gasteiger partial charge in [0.05, 0.1) is 0 Å². The van der Waals surface area contributed by atoms with E-state index in [1.54, 1.807) is 36.4 Å². The number of rotatable bonds is 5. The summed E-state index contributed by atoms with van der Waals surface area (Å²) >= 11 is 0. The molecule has 0 saturated heterocycles. The quantitative estimate of drug-likeness (QED) is 0.381. The van der Waals surface area contributed by atoms with Crippen molar-refractivity contribution in [3.05, 3.63) is 65.7 Å². The number of ketones is 1. The maximum absolute atomic E-state index is 11.9. The average Bonchev–Trinajstić information content (AvgIpc) is 2.53. The lowest BCUT2D eigenvalue weighted by Crippen LogP contribution is -2.37. The van der Waals surface area contributed by atoms with Gasteiger partial charge in [-0.25, -0.2) is 5.84 Å². The Hall–Kier alpha value is -2.66. The molecule has 108 valence electrons. The van der Waals surface area contributed by atoms with E-state index in [0.717, 1.165) is 0 Å². The number of amides is 1. The molecule has 0 saturated carbocycles. The molecule has 2 aromatic rings. The van der Waals surface area contributed by atoms with E-state index in [-0.39, 0.29) is 5.78 Å². The fourth-order valence-electron chi connectivity index (χ4n) is 1.88. The number of nitrogens with two attached hydrogens (primary N) is 1. The van der Waals surface area contributed by atoms with Crippen LogP contribution in [0.15, 0.2) is 54.6 Å². The van der Waals surface area contributed by atoms with Crippen molar-refractivity contribution >= 4 is 11.7 Å². The zero-order valence-electron chi connectivity index (χ0n) is 11.6. The summed E-state index contributed by atoms with van der Waals surface area (Å²) in [6.07, 6.45) is -0.848. The van der Waals surface area contributed by atoms with E-state index < -0.39 is 12.0 Å². The summed E-state index contributed by atoms with van der Waals surface area (Å²) in [6.45, 7) is 1.49. The van der Waals surface area contributed by atoms with E-state index in [0.29, 0.717) is 16.9 Å². The fourth-order valence-corrected chi connectivity index (χ4v) is 1.88. The first-order valence-corrected chi connectivity index (χ1v) is 6.45. The molecule has 1 amide bonds. The van der Waals surface area contributed by atoms with Crippen LogP contribution in [0.25, 0.3) is 0 Å². The van der Waals surface area contributed by atoms with Gasteiger partial charge < -0.3 is 4.74 Å². The number of ether oxygens (including phenoxy) is 1. The van der Waals surface area contributed by atoms with Crippen molar-refractivity contribution in [2.45, 2.75) is 13.0 Å². The molecule has 0 spiro atoms. The molecule has 0 aliphatic carbocycles. The number of Topliss-reactive ketones (excluding diaryl/α,β-unsaturated/α-hetero) is 1. The van der Waals surface area contributed by atoms with E-state index in [1.165, 1.54) is 6.92 Å². The van der Waals surface area contributed by atoms with Gasteiger partial charge in [-0.1, -0.05) is 30.3 Å². The second-order valence-corrected chi connectivity index (χ2v) is 4.50. The van der Waals surface area contributed by atoms with Crippen LogP contribution < -0.4 is 16.0 Å². The Labute approximate surface area is 122 Å². The molecule has 1 unspecified atom stereocenters. The maximum Gasteiger partial charge on any atom is 0.279 e. The molecule has 2 aromatic carbocycles. The molecule has 5 nitrogen and oxygen atoms in total. The van der Waals surface area contributed by atoms with Crippen LogP contribution in [0, 0.1) is 0 Å². The zero-order chi connectivity index (χ0) is 15.2. The summed E-state index contributed by atoms with van der Waals surface area (Å²) in [7, 11) is 0. The first-order chi connectivity index (χ1) is 10.1. The molecule has 1 atom stereocenters. The molecule has 5 heteroatoms. The van der Waals surface area contributed by atoms with Crippen molar-refractivity contribution in [3.63, 3.8) is 0 Å². The van der Waals surface area contributed by atoms with Crippen molar-refractivity contribution in [1.82, 2.24) is 5.43 Å². The molecule has 0 radical (unpaired) electrons. The Morgan fingerprint density at radius 3 is 2.19 bits per heavy atom. The monoisotopic (exact) mass is 284 g/mol. The predicted molar refractivity (Wildman–Crippen MR) is 78.6 cm³/mol. The van der Waals surface area contributed by atoms with Gasteiger partial charge >= 0.3 is 0 Å². The van der Waals surface area contributed by atoms with Crippen molar-refractivity contribution in [3.8, 4) is 5.75 Å². The van der Waals surface area contributed by atoms with Gasteiger partial charge in [-0.15, -0.1) is 0 Å². The Bertz CT molecular complexity index is 624. The minimum absolute atomic E-state index is 0.0270. The molecular formula is C16H16N2O3. The van der Waals surface area contributed by atoms with E-state index in [2.05, 4.69) is 5.43 Å². The second-order valence-electron chi connectivity index (χ2n) is 4.50. The van der Waals surface area contributed by atoms with Crippen LogP contribution in [0.3, 0.4) is 0 Å². The molecule has 3 N–H and O–H groups in total. The molecule has 21 heavy (non-hydrogen) atoms. The summed E-state index contributed by atoms with van der Waals surface area (Å²) < 4.78 is 5.68. The molecular weight excluding hydrogens is 268 g/mol. The first kappa shape index (κ1) is 14.7. The SMILES string of the molecule is CC(=O)c1ccc(OC(C(=O)NN)c2ccccc2)cc1. The third kappa shape index (κ3) is 3.67. The van der Waals surface area contributed by atoms with Gasteiger partial charge in [0.1, 0.15) is 5.75 Å². The molecule has 0 heterocycles. The number of nitrogens with one attached hydrogen (secondary N) is 1. The Morgan fingerprint density at radius 1 is 1.05 bits per heavy atom. The minimum Gasteiger partial charge on any atom is -0.476 e. The lowest BCUT2D eigenvalue weighted by atomic mass is 10.1. The summed E-state index contributed by atoms with van der Waals surface area (Å²) in [6, 6.07) is 15.6. The first-order valence-electron chi connectivity index (χ1n) is 6.45. The normalized spacial score (nSPS) is 11.5. The van der Waals surface area contributed by atoms with Gasteiger partial charge in [0, 0.05) is 11.1 Å². The number of hydrazine groups is 1. The lowest BCUT2D eigenvalue weighted by Gasteiger charge is -2.18. The molecule has 0 aromatic heterocycles. The topological polar surface area (TPSA) is 81.4 Å². The van der Waals surface area contributed by atoms with E-state index in [9.17, 15) is 9.59 Å². The fraction of sp³-hybridized carbons (Fsp3) is 0.125. The summed E-state index contributed by atoms with van der Waals surface area (Å²) in [5.41, 5.74) is 3.37. The summed E-state index contributed by atoms with van der Waals surface area (Å²) in [5.74, 6) is 5.21. The lowest BCUT2D eigenvalue weighted by molar-refractivity contribution is -0.128. The third-order valence-electron chi connectivity index (χ3n) is 3.00. The highest BCUT2D eigenvalue weighted by atomic mass is 16.5. The highest BCUT2D eigenvalue weighted by molar-refractivity contribution is 5.94. The average molecular weight is 284 g/mol. The summed E-state index contributed by atoms with van der Waals surface area (Å²) in [4.78, 5) is 23.1. The minimum atomic E-state index is -0.848. The van der Waals surface area contributed by atoms with E-state index in [4.69, 9.17) is 10.6 Å². The van der Waals surface area contributed by atoms with Crippen LogP contribution >= 0.6 is 0 Å². The van der Waals surface area contributed by atoms with Gasteiger partial charge in [0.25, 0.3) is 5.91 Å². The smallest absolute Gasteiger partial charge is 0.279 e. The number of hydrogen-bond acceptors (Lipinski definition) is 4. The Balaban J connectivity index is 2.23. The number of carbonyl (C=O) groups excluding carboxylic acids is 2. The van der Waals surface area contributed by atoms with Crippen molar-refractivity contribution in [1.29, 1.82) is 0 Å². The van der Waals surface area contributed by atoms with Gasteiger partial charge in [0.15, 0.2) is 5.78 Å². The molecule has 0 fully saturated rings. The second kappa shape index (κ2) is 6.67. The van der Waals surface area contributed by atoms with Gasteiger partial charge in [-0.05, 0) is 31.2 Å². The van der Waals surface area contributed by atoms with Crippen LogP contribution in [0.2, 0.25) is 0 Å². The number of hydrogen-bond donors (Lipinski definition) is 2. The van der Waals surface area contributed by atoms with Gasteiger partial charge in [-0.2, -0.15) is 0 Å². The highest BCUT2D eigenvalue weighted by Crippen LogP contribution is 2.22. The number of carbonyl (C=O) groups is 2. The standard InChI is InChI=1S/C16H16N2O3/c1-11(19)12-7-9-14(10-8-12)21-15(16(20)18-17)13-5-3-2-4-6-13/h2-10,15H,17H2,1H3,(H,18,20). The van der Waals surface area contributed by atoms with Crippen molar-refractivity contribution in [2.24, 2.45) is 5.84 Å².